The van der Waals surface area contributed by atoms with E-state index in [1.165, 1.54) is 11.1 Å². The summed E-state index contributed by atoms with van der Waals surface area (Å²) >= 11 is 6.03. The van der Waals surface area contributed by atoms with Gasteiger partial charge >= 0.3 is 0 Å². The van der Waals surface area contributed by atoms with Gasteiger partial charge in [-0.2, -0.15) is 0 Å². The van der Waals surface area contributed by atoms with E-state index in [0.29, 0.717) is 5.54 Å². The van der Waals surface area contributed by atoms with Crippen molar-refractivity contribution in [2.45, 2.75) is 5.54 Å². The quantitative estimate of drug-likeness (QED) is 0.603. The highest BCUT2D eigenvalue weighted by Crippen LogP contribution is 2.27. The number of rotatable bonds is 6. The van der Waals surface area contributed by atoms with Crippen LogP contribution in [0.15, 0.2) is 48.5 Å². The monoisotopic (exact) mass is 306 g/mol. The number of halogens is 1. The van der Waals surface area contributed by atoms with Gasteiger partial charge in [-0.25, -0.2) is 0 Å². The first-order chi connectivity index (χ1) is 9.78. The lowest BCUT2D eigenvalue weighted by atomic mass is 10.0. The van der Waals surface area contributed by atoms with Gasteiger partial charge in [0, 0.05) is 5.50 Å². The molecule has 0 saturated carbocycles. The van der Waals surface area contributed by atoms with E-state index in [1.54, 1.807) is 14.2 Å². The molecule has 20 heavy (non-hydrogen) atoms. The van der Waals surface area contributed by atoms with Gasteiger partial charge in [0.2, 0.25) is 0 Å². The molecule has 0 aliphatic rings. The zero-order chi connectivity index (χ0) is 14.4. The first-order valence-corrected chi connectivity index (χ1v) is 8.97. The smallest absolute Gasteiger partial charge is 0.118 e. The molecule has 0 amide bonds. The number of alkyl halides is 1. The van der Waals surface area contributed by atoms with Crippen LogP contribution < -0.4 is 9.47 Å². The molecule has 0 spiro atoms. The maximum Gasteiger partial charge on any atom is 0.118 e. The van der Waals surface area contributed by atoms with Crippen LogP contribution >= 0.6 is 11.6 Å². The molecule has 0 aliphatic carbocycles. The molecule has 2 rings (SSSR count). The molecule has 0 atom stereocenters. The Bertz CT molecular complexity index is 478. The van der Waals surface area contributed by atoms with Crippen molar-refractivity contribution in [3.63, 3.8) is 0 Å². The van der Waals surface area contributed by atoms with E-state index < -0.39 is 9.52 Å². The topological polar surface area (TPSA) is 18.5 Å². The van der Waals surface area contributed by atoms with Gasteiger partial charge in [0.05, 0.1) is 23.7 Å². The van der Waals surface area contributed by atoms with Crippen LogP contribution in [0.2, 0.25) is 0 Å². The van der Waals surface area contributed by atoms with Crippen LogP contribution in [0.3, 0.4) is 0 Å². The fourth-order valence-electron chi connectivity index (χ4n) is 2.31. The zero-order valence-electron chi connectivity index (χ0n) is 11.8. The third kappa shape index (κ3) is 3.55. The summed E-state index contributed by atoms with van der Waals surface area (Å²) in [6, 6.07) is 16.6. The van der Waals surface area contributed by atoms with Crippen molar-refractivity contribution < 1.29 is 9.47 Å². The molecule has 0 heterocycles. The second-order valence-electron chi connectivity index (χ2n) is 4.58. The number of hydrogen-bond acceptors (Lipinski definition) is 2. The minimum Gasteiger partial charge on any atom is -0.497 e. The maximum atomic E-state index is 6.03. The van der Waals surface area contributed by atoms with E-state index in [-0.39, 0.29) is 0 Å². The van der Waals surface area contributed by atoms with Crippen LogP contribution in [0, 0.1) is 0 Å². The predicted molar refractivity (Wildman–Crippen MR) is 87.1 cm³/mol. The second kappa shape index (κ2) is 7.36. The largest absolute Gasteiger partial charge is 0.497 e. The molecule has 2 aromatic carbocycles. The summed E-state index contributed by atoms with van der Waals surface area (Å²) in [5.41, 5.74) is 3.82. The van der Waals surface area contributed by atoms with Gasteiger partial charge in [-0.3, -0.25) is 0 Å². The van der Waals surface area contributed by atoms with Crippen LogP contribution in [-0.4, -0.2) is 29.2 Å². The van der Waals surface area contributed by atoms with Crippen molar-refractivity contribution in [1.29, 1.82) is 0 Å². The van der Waals surface area contributed by atoms with Crippen LogP contribution in [-0.2, 0) is 0 Å². The summed E-state index contributed by atoms with van der Waals surface area (Å²) < 4.78 is 10.4. The second-order valence-corrected chi connectivity index (χ2v) is 7.48. The fourth-order valence-corrected chi connectivity index (χ4v) is 4.39. The Labute approximate surface area is 127 Å². The third-order valence-electron chi connectivity index (χ3n) is 3.43. The van der Waals surface area contributed by atoms with Crippen molar-refractivity contribution in [3.05, 3.63) is 59.7 Å². The lowest BCUT2D eigenvalue weighted by Crippen LogP contribution is -2.11. The van der Waals surface area contributed by atoms with E-state index in [1.807, 2.05) is 24.3 Å². The van der Waals surface area contributed by atoms with Crippen LogP contribution in [0.25, 0.3) is 0 Å². The molecule has 0 unspecified atom stereocenters. The number of hydrogen-bond donors (Lipinski definition) is 0. The van der Waals surface area contributed by atoms with E-state index in [0.717, 1.165) is 17.0 Å². The standard InChI is InChI=1S/C16H19ClO2Si/c1-18-14-7-3-12(4-8-14)16(20-11-17)13-5-9-15(19-2)10-6-13/h3-10,16H,11,20H2,1-2H3. The van der Waals surface area contributed by atoms with Crippen LogP contribution in [0.4, 0.5) is 0 Å². The lowest BCUT2D eigenvalue weighted by Gasteiger charge is -2.17. The normalized spacial score (nSPS) is 11.2. The van der Waals surface area contributed by atoms with Crippen molar-refractivity contribution in [3.8, 4) is 11.5 Å². The molecule has 0 aliphatic heterocycles. The molecule has 0 aromatic heterocycles. The summed E-state index contributed by atoms with van der Waals surface area (Å²) in [5.74, 6) is 1.77. The third-order valence-corrected chi connectivity index (χ3v) is 5.83. The molecule has 0 fully saturated rings. The molecule has 0 bridgehead atoms. The van der Waals surface area contributed by atoms with Gasteiger partial charge in [-0.15, -0.1) is 11.6 Å². The lowest BCUT2D eigenvalue weighted by molar-refractivity contribution is 0.414. The fraction of sp³-hybridized carbons (Fsp3) is 0.250. The first kappa shape index (κ1) is 14.9. The van der Waals surface area contributed by atoms with Crippen LogP contribution in [0.1, 0.15) is 16.7 Å². The molecular weight excluding hydrogens is 288 g/mol. The number of ether oxygens (including phenoxy) is 2. The van der Waals surface area contributed by atoms with E-state index in [2.05, 4.69) is 24.3 Å². The maximum absolute atomic E-state index is 6.03. The highest BCUT2D eigenvalue weighted by atomic mass is 35.5. The van der Waals surface area contributed by atoms with Gasteiger partial charge in [-0.05, 0) is 40.9 Å². The molecule has 2 nitrogen and oxygen atoms in total. The predicted octanol–water partition coefficient (Wildman–Crippen LogP) is 3.16. The number of benzene rings is 2. The Balaban J connectivity index is 2.28. The molecular formula is C16H19ClO2Si. The van der Waals surface area contributed by atoms with Crippen LogP contribution in [0.5, 0.6) is 11.5 Å². The molecule has 106 valence electrons. The van der Waals surface area contributed by atoms with Gasteiger partial charge < -0.3 is 9.47 Å². The summed E-state index contributed by atoms with van der Waals surface area (Å²) in [4.78, 5) is 0. The highest BCUT2D eigenvalue weighted by molar-refractivity contribution is 6.52. The summed E-state index contributed by atoms with van der Waals surface area (Å²) in [5, 5.41) is 0. The number of methoxy groups -OCH3 is 2. The SMILES string of the molecule is COc1ccc(C([SiH2]CCl)c2ccc(OC)cc2)cc1. The van der Waals surface area contributed by atoms with Crippen molar-refractivity contribution in [2.75, 3.05) is 19.7 Å². The Morgan fingerprint density at radius 3 is 1.55 bits per heavy atom. The van der Waals surface area contributed by atoms with Gasteiger partial charge in [-0.1, -0.05) is 24.3 Å². The molecule has 2 aromatic rings. The zero-order valence-corrected chi connectivity index (χ0v) is 14.0. The van der Waals surface area contributed by atoms with E-state index >= 15 is 0 Å². The summed E-state index contributed by atoms with van der Waals surface area (Å²) in [6.45, 7) is 0. The van der Waals surface area contributed by atoms with Gasteiger partial charge in [0.1, 0.15) is 11.5 Å². The van der Waals surface area contributed by atoms with Gasteiger partial charge in [0.25, 0.3) is 0 Å². The first-order valence-electron chi connectivity index (χ1n) is 6.62. The van der Waals surface area contributed by atoms with E-state index in [9.17, 15) is 0 Å². The summed E-state index contributed by atoms with van der Waals surface area (Å²) in [7, 11) is 2.95. The molecule has 0 radical (unpaired) electrons. The minimum absolute atomic E-state index is 0.414. The molecule has 0 saturated heterocycles. The minimum atomic E-state index is -0.414. The summed E-state index contributed by atoms with van der Waals surface area (Å²) in [6.07, 6.45) is 0. The van der Waals surface area contributed by atoms with Crippen molar-refractivity contribution >= 4 is 21.1 Å². The van der Waals surface area contributed by atoms with Crippen molar-refractivity contribution in [1.82, 2.24) is 0 Å². The highest BCUT2D eigenvalue weighted by Gasteiger charge is 2.14. The Hall–Kier alpha value is -1.45. The molecule has 4 heteroatoms. The Kier molecular flexibility index (Phi) is 5.50. The Morgan fingerprint density at radius 1 is 0.850 bits per heavy atom. The molecule has 0 N–H and O–H groups in total. The van der Waals surface area contributed by atoms with E-state index in [4.69, 9.17) is 21.1 Å². The average molecular weight is 307 g/mol. The van der Waals surface area contributed by atoms with Gasteiger partial charge in [0.15, 0.2) is 0 Å². The Morgan fingerprint density at radius 2 is 1.25 bits per heavy atom. The average Bonchev–Trinajstić information content (AvgIpc) is 2.53. The van der Waals surface area contributed by atoms with Crippen molar-refractivity contribution in [2.24, 2.45) is 0 Å².